The summed E-state index contributed by atoms with van der Waals surface area (Å²) in [7, 11) is 0. The number of hydrogen-bond acceptors (Lipinski definition) is 1. The maximum absolute atomic E-state index is 4.52. The van der Waals surface area contributed by atoms with Crippen LogP contribution in [0.1, 0.15) is 64.6 Å². The number of aromatic nitrogens is 2. The molecule has 84 valence electrons. The predicted molar refractivity (Wildman–Crippen MR) is 63.0 cm³/mol. The molecule has 2 nitrogen and oxygen atoms in total. The lowest BCUT2D eigenvalue weighted by Gasteiger charge is -2.28. The van der Waals surface area contributed by atoms with Crippen LogP contribution < -0.4 is 0 Å². The van der Waals surface area contributed by atoms with Gasteiger partial charge in [0.25, 0.3) is 0 Å². The van der Waals surface area contributed by atoms with E-state index in [2.05, 4.69) is 36.6 Å². The average Bonchev–Trinajstić information content (AvgIpc) is 2.67. The van der Waals surface area contributed by atoms with Crippen molar-refractivity contribution in [2.75, 3.05) is 0 Å². The summed E-state index contributed by atoms with van der Waals surface area (Å²) in [4.78, 5) is 0. The molecule has 1 aromatic rings. The van der Waals surface area contributed by atoms with Gasteiger partial charge in [-0.2, -0.15) is 5.10 Å². The predicted octanol–water partition coefficient (Wildman–Crippen LogP) is 3.69. The first-order valence-electron chi connectivity index (χ1n) is 6.13. The summed E-state index contributed by atoms with van der Waals surface area (Å²) in [5.74, 6) is 0. The van der Waals surface area contributed by atoms with Crippen LogP contribution in [-0.2, 0) is 5.41 Å². The molecule has 0 amide bonds. The average molecular weight is 206 g/mol. The Morgan fingerprint density at radius 2 is 1.87 bits per heavy atom. The van der Waals surface area contributed by atoms with Crippen LogP contribution in [0.3, 0.4) is 0 Å². The van der Waals surface area contributed by atoms with Gasteiger partial charge in [0.2, 0.25) is 0 Å². The van der Waals surface area contributed by atoms with Gasteiger partial charge in [-0.1, -0.05) is 40.0 Å². The van der Waals surface area contributed by atoms with Crippen LogP contribution in [0, 0.1) is 0 Å². The zero-order valence-corrected chi connectivity index (χ0v) is 10.2. The van der Waals surface area contributed by atoms with E-state index in [1.165, 1.54) is 37.8 Å². The lowest BCUT2D eigenvalue weighted by Crippen LogP contribution is -2.23. The molecule has 0 bridgehead atoms. The van der Waals surface area contributed by atoms with Crippen LogP contribution in [0.15, 0.2) is 12.3 Å². The lowest BCUT2D eigenvalue weighted by atomic mass is 9.90. The minimum Gasteiger partial charge on any atom is -0.266 e. The molecule has 1 aromatic heterocycles. The van der Waals surface area contributed by atoms with Crippen molar-refractivity contribution < 1.29 is 0 Å². The zero-order chi connectivity index (χ0) is 10.9. The second-order valence-corrected chi connectivity index (χ2v) is 5.70. The maximum Gasteiger partial charge on any atom is 0.0522 e. The molecular formula is C13H22N2. The molecular weight excluding hydrogens is 184 g/mol. The van der Waals surface area contributed by atoms with E-state index in [1.807, 2.05) is 6.20 Å². The highest BCUT2D eigenvalue weighted by Crippen LogP contribution is 2.32. The Labute approximate surface area is 92.7 Å². The zero-order valence-electron chi connectivity index (χ0n) is 10.2. The third-order valence-corrected chi connectivity index (χ3v) is 3.36. The van der Waals surface area contributed by atoms with Gasteiger partial charge in [-0.05, 0) is 18.9 Å². The molecule has 0 radical (unpaired) electrons. The number of rotatable bonds is 1. The van der Waals surface area contributed by atoms with Gasteiger partial charge >= 0.3 is 0 Å². The Kier molecular flexibility index (Phi) is 2.85. The van der Waals surface area contributed by atoms with Gasteiger partial charge in [0.05, 0.1) is 6.04 Å². The fraction of sp³-hybridized carbons (Fsp3) is 0.769. The van der Waals surface area contributed by atoms with E-state index in [9.17, 15) is 0 Å². The van der Waals surface area contributed by atoms with Crippen molar-refractivity contribution >= 4 is 0 Å². The molecule has 1 fully saturated rings. The monoisotopic (exact) mass is 206 g/mol. The normalized spacial score (nSPS) is 19.4. The van der Waals surface area contributed by atoms with Gasteiger partial charge in [0.1, 0.15) is 0 Å². The molecule has 0 N–H and O–H groups in total. The number of nitrogens with zero attached hydrogens (tertiary/aromatic N) is 2. The second kappa shape index (κ2) is 3.99. The molecule has 1 aliphatic rings. The van der Waals surface area contributed by atoms with Gasteiger partial charge in [-0.25, -0.2) is 0 Å². The van der Waals surface area contributed by atoms with Crippen molar-refractivity contribution in [2.45, 2.75) is 64.3 Å². The summed E-state index contributed by atoms with van der Waals surface area (Å²) in [6.07, 6.45) is 8.72. The molecule has 2 rings (SSSR count). The highest BCUT2D eigenvalue weighted by Gasteiger charge is 2.24. The van der Waals surface area contributed by atoms with Crippen molar-refractivity contribution in [3.8, 4) is 0 Å². The molecule has 0 unspecified atom stereocenters. The molecule has 0 spiro atoms. The Morgan fingerprint density at radius 1 is 1.20 bits per heavy atom. The molecule has 0 atom stereocenters. The van der Waals surface area contributed by atoms with Gasteiger partial charge in [-0.15, -0.1) is 0 Å². The first kappa shape index (κ1) is 10.7. The van der Waals surface area contributed by atoms with Crippen molar-refractivity contribution in [1.29, 1.82) is 0 Å². The lowest BCUT2D eigenvalue weighted by molar-refractivity contribution is 0.309. The van der Waals surface area contributed by atoms with Crippen LogP contribution in [0.2, 0.25) is 0 Å². The largest absolute Gasteiger partial charge is 0.266 e. The summed E-state index contributed by atoms with van der Waals surface area (Å²) >= 11 is 0. The highest BCUT2D eigenvalue weighted by molar-refractivity contribution is 5.13. The minimum absolute atomic E-state index is 0.216. The summed E-state index contributed by atoms with van der Waals surface area (Å²) in [5.41, 5.74) is 1.60. The second-order valence-electron chi connectivity index (χ2n) is 5.70. The van der Waals surface area contributed by atoms with E-state index in [0.29, 0.717) is 6.04 Å². The van der Waals surface area contributed by atoms with E-state index >= 15 is 0 Å². The summed E-state index contributed by atoms with van der Waals surface area (Å²) < 4.78 is 2.28. The Hall–Kier alpha value is -0.790. The Bertz CT molecular complexity index is 314. The minimum atomic E-state index is 0.216. The molecule has 1 aliphatic carbocycles. The van der Waals surface area contributed by atoms with Crippen LogP contribution in [0.4, 0.5) is 0 Å². The standard InChI is InChI=1S/C13H22N2/c1-13(2,3)12-9-10-14-15(12)11-7-5-4-6-8-11/h9-11H,4-8H2,1-3H3. The topological polar surface area (TPSA) is 17.8 Å². The molecule has 15 heavy (non-hydrogen) atoms. The van der Waals surface area contributed by atoms with Crippen LogP contribution in [0.25, 0.3) is 0 Å². The molecule has 2 heteroatoms. The van der Waals surface area contributed by atoms with Crippen LogP contribution >= 0.6 is 0 Å². The third kappa shape index (κ3) is 2.24. The fourth-order valence-corrected chi connectivity index (χ4v) is 2.52. The summed E-state index contributed by atoms with van der Waals surface area (Å²) in [6, 6.07) is 2.83. The van der Waals surface area contributed by atoms with E-state index in [-0.39, 0.29) is 5.41 Å². The first-order chi connectivity index (χ1) is 7.09. The Balaban J connectivity index is 2.24. The quantitative estimate of drug-likeness (QED) is 0.685. The molecule has 0 aromatic carbocycles. The van der Waals surface area contributed by atoms with Crippen molar-refractivity contribution in [3.05, 3.63) is 18.0 Å². The summed E-state index contributed by atoms with van der Waals surface area (Å²) in [5, 5.41) is 4.52. The van der Waals surface area contributed by atoms with Crippen molar-refractivity contribution in [2.24, 2.45) is 0 Å². The number of hydrogen-bond donors (Lipinski definition) is 0. The molecule has 1 saturated carbocycles. The smallest absolute Gasteiger partial charge is 0.0522 e. The van der Waals surface area contributed by atoms with Crippen LogP contribution in [0.5, 0.6) is 0 Å². The van der Waals surface area contributed by atoms with E-state index < -0.39 is 0 Å². The molecule has 0 aliphatic heterocycles. The van der Waals surface area contributed by atoms with Gasteiger partial charge in [-0.3, -0.25) is 4.68 Å². The van der Waals surface area contributed by atoms with Gasteiger partial charge in [0.15, 0.2) is 0 Å². The highest BCUT2D eigenvalue weighted by atomic mass is 15.3. The Morgan fingerprint density at radius 3 is 2.47 bits per heavy atom. The van der Waals surface area contributed by atoms with Crippen molar-refractivity contribution in [1.82, 2.24) is 9.78 Å². The maximum atomic E-state index is 4.52. The SMILES string of the molecule is CC(C)(C)c1ccnn1C1CCCCC1. The van der Waals surface area contributed by atoms with E-state index in [0.717, 1.165) is 0 Å². The van der Waals surface area contributed by atoms with Crippen LogP contribution in [-0.4, -0.2) is 9.78 Å². The van der Waals surface area contributed by atoms with E-state index in [1.54, 1.807) is 0 Å². The third-order valence-electron chi connectivity index (χ3n) is 3.36. The van der Waals surface area contributed by atoms with E-state index in [4.69, 9.17) is 0 Å². The van der Waals surface area contributed by atoms with Crippen molar-refractivity contribution in [3.63, 3.8) is 0 Å². The molecule has 0 saturated heterocycles. The van der Waals surface area contributed by atoms with Gasteiger partial charge in [0, 0.05) is 17.3 Å². The van der Waals surface area contributed by atoms with Gasteiger partial charge < -0.3 is 0 Å². The fourth-order valence-electron chi connectivity index (χ4n) is 2.52. The summed E-state index contributed by atoms with van der Waals surface area (Å²) in [6.45, 7) is 6.80. The molecule has 1 heterocycles. The first-order valence-corrected chi connectivity index (χ1v) is 6.13.